The van der Waals surface area contributed by atoms with Crippen molar-refractivity contribution in [2.45, 2.75) is 30.6 Å². The van der Waals surface area contributed by atoms with Gasteiger partial charge < -0.3 is 15.7 Å². The lowest BCUT2D eigenvalue weighted by atomic mass is 9.79. The SMILES string of the molecule is CCS[C@H]1CC[C@]1(O)CNC(=O)Nc1cccc(F)c1. The lowest BCUT2D eigenvalue weighted by Gasteiger charge is -2.44. The van der Waals surface area contributed by atoms with Gasteiger partial charge in [0.15, 0.2) is 0 Å². The molecule has 2 atom stereocenters. The van der Waals surface area contributed by atoms with Crippen molar-refractivity contribution in [3.05, 3.63) is 30.1 Å². The van der Waals surface area contributed by atoms with E-state index in [2.05, 4.69) is 10.6 Å². The molecule has 0 unspecified atom stereocenters. The minimum atomic E-state index is -0.819. The molecule has 4 nitrogen and oxygen atoms in total. The normalized spacial score (nSPS) is 24.9. The van der Waals surface area contributed by atoms with Crippen LogP contribution in [0.3, 0.4) is 0 Å². The smallest absolute Gasteiger partial charge is 0.319 e. The zero-order valence-corrected chi connectivity index (χ0v) is 12.2. The first-order valence-corrected chi connectivity index (χ1v) is 7.73. The van der Waals surface area contributed by atoms with Crippen molar-refractivity contribution in [3.8, 4) is 0 Å². The van der Waals surface area contributed by atoms with Gasteiger partial charge in [0.05, 0.1) is 5.60 Å². The van der Waals surface area contributed by atoms with E-state index < -0.39 is 17.4 Å². The largest absolute Gasteiger partial charge is 0.387 e. The van der Waals surface area contributed by atoms with Crippen molar-refractivity contribution in [1.29, 1.82) is 0 Å². The number of thioether (sulfide) groups is 1. The highest BCUT2D eigenvalue weighted by Gasteiger charge is 2.45. The first-order chi connectivity index (χ1) is 9.53. The van der Waals surface area contributed by atoms with Crippen LogP contribution < -0.4 is 10.6 Å². The van der Waals surface area contributed by atoms with Crippen LogP contribution in [-0.4, -0.2) is 34.3 Å². The summed E-state index contributed by atoms with van der Waals surface area (Å²) in [6.07, 6.45) is 1.67. The van der Waals surface area contributed by atoms with Crippen molar-refractivity contribution in [3.63, 3.8) is 0 Å². The number of hydrogen-bond donors (Lipinski definition) is 3. The molecule has 0 aliphatic heterocycles. The van der Waals surface area contributed by atoms with Crippen LogP contribution in [0.5, 0.6) is 0 Å². The molecule has 0 saturated heterocycles. The van der Waals surface area contributed by atoms with Gasteiger partial charge in [0, 0.05) is 17.5 Å². The van der Waals surface area contributed by atoms with E-state index in [9.17, 15) is 14.3 Å². The van der Waals surface area contributed by atoms with Gasteiger partial charge in [0.1, 0.15) is 5.82 Å². The number of halogens is 1. The topological polar surface area (TPSA) is 61.4 Å². The number of benzene rings is 1. The highest BCUT2D eigenvalue weighted by atomic mass is 32.2. The Bertz CT molecular complexity index is 486. The molecule has 1 aromatic rings. The highest BCUT2D eigenvalue weighted by Crippen LogP contribution is 2.40. The van der Waals surface area contributed by atoms with E-state index in [0.29, 0.717) is 12.1 Å². The molecule has 0 spiro atoms. The van der Waals surface area contributed by atoms with Gasteiger partial charge in [0.2, 0.25) is 0 Å². The predicted molar refractivity (Wildman–Crippen MR) is 79.5 cm³/mol. The Balaban J connectivity index is 1.81. The van der Waals surface area contributed by atoms with E-state index >= 15 is 0 Å². The monoisotopic (exact) mass is 298 g/mol. The quantitative estimate of drug-likeness (QED) is 0.783. The summed E-state index contributed by atoms with van der Waals surface area (Å²) in [4.78, 5) is 11.7. The van der Waals surface area contributed by atoms with Crippen LogP contribution in [0.25, 0.3) is 0 Å². The summed E-state index contributed by atoms with van der Waals surface area (Å²) in [6, 6.07) is 5.26. The lowest BCUT2D eigenvalue weighted by molar-refractivity contribution is -0.0206. The lowest BCUT2D eigenvalue weighted by Crippen LogP contribution is -2.57. The number of hydrogen-bond acceptors (Lipinski definition) is 3. The van der Waals surface area contributed by atoms with Crippen molar-refractivity contribution in [2.75, 3.05) is 17.6 Å². The van der Waals surface area contributed by atoms with Crippen LogP contribution in [-0.2, 0) is 0 Å². The van der Waals surface area contributed by atoms with Gasteiger partial charge in [0.25, 0.3) is 0 Å². The zero-order valence-electron chi connectivity index (χ0n) is 11.4. The molecule has 6 heteroatoms. The number of urea groups is 1. The fourth-order valence-electron chi connectivity index (χ4n) is 2.21. The molecule has 0 aromatic heterocycles. The van der Waals surface area contributed by atoms with Crippen molar-refractivity contribution in [1.82, 2.24) is 5.32 Å². The predicted octanol–water partition coefficient (Wildman–Crippen LogP) is 2.59. The average molecular weight is 298 g/mol. The first kappa shape index (κ1) is 15.1. The molecule has 2 rings (SSSR count). The van der Waals surface area contributed by atoms with E-state index in [0.717, 1.165) is 12.2 Å². The third kappa shape index (κ3) is 3.64. The maximum Gasteiger partial charge on any atom is 0.319 e. The van der Waals surface area contributed by atoms with Crippen LogP contribution in [0.15, 0.2) is 24.3 Å². The maximum absolute atomic E-state index is 13.0. The summed E-state index contributed by atoms with van der Waals surface area (Å²) in [6.45, 7) is 2.26. The molecule has 2 amide bonds. The Morgan fingerprint density at radius 2 is 2.40 bits per heavy atom. The summed E-state index contributed by atoms with van der Waals surface area (Å²) >= 11 is 1.71. The van der Waals surface area contributed by atoms with Gasteiger partial charge in [-0.25, -0.2) is 9.18 Å². The number of aliphatic hydroxyl groups is 1. The summed E-state index contributed by atoms with van der Waals surface area (Å²) in [7, 11) is 0. The summed E-state index contributed by atoms with van der Waals surface area (Å²) in [5.74, 6) is 0.544. The molecule has 0 bridgehead atoms. The Morgan fingerprint density at radius 3 is 3.00 bits per heavy atom. The Kier molecular flexibility index (Phi) is 4.88. The fourth-order valence-corrected chi connectivity index (χ4v) is 3.41. The summed E-state index contributed by atoms with van der Waals surface area (Å²) in [5.41, 5.74) is -0.428. The first-order valence-electron chi connectivity index (χ1n) is 6.68. The second kappa shape index (κ2) is 6.45. The van der Waals surface area contributed by atoms with Gasteiger partial charge in [-0.05, 0) is 36.8 Å². The van der Waals surface area contributed by atoms with E-state index in [1.807, 2.05) is 6.92 Å². The van der Waals surface area contributed by atoms with E-state index in [-0.39, 0.29) is 11.8 Å². The molecule has 20 heavy (non-hydrogen) atoms. The number of rotatable bonds is 5. The standard InChI is InChI=1S/C14H19FN2O2S/c1-2-20-12-6-7-14(12,19)9-16-13(18)17-11-5-3-4-10(15)8-11/h3-5,8,12,19H,2,6-7,9H2,1H3,(H2,16,17,18)/t12-,14-/m0/s1. The van der Waals surface area contributed by atoms with Crippen LogP contribution >= 0.6 is 11.8 Å². The number of carbonyl (C=O) groups excluding carboxylic acids is 1. The Morgan fingerprint density at radius 1 is 1.60 bits per heavy atom. The van der Waals surface area contributed by atoms with Crippen LogP contribution in [0.1, 0.15) is 19.8 Å². The minimum Gasteiger partial charge on any atom is -0.387 e. The molecule has 0 radical (unpaired) electrons. The van der Waals surface area contributed by atoms with Crippen LogP contribution in [0.4, 0.5) is 14.9 Å². The molecule has 0 heterocycles. The maximum atomic E-state index is 13.0. The number of amides is 2. The third-order valence-corrected chi connectivity index (χ3v) is 4.85. The minimum absolute atomic E-state index is 0.182. The molecule has 1 aliphatic rings. The molecule has 1 aromatic carbocycles. The van der Waals surface area contributed by atoms with E-state index in [4.69, 9.17) is 0 Å². The fraction of sp³-hybridized carbons (Fsp3) is 0.500. The molecule has 1 fully saturated rings. The number of nitrogens with one attached hydrogen (secondary N) is 2. The van der Waals surface area contributed by atoms with Gasteiger partial charge in [-0.1, -0.05) is 13.0 Å². The van der Waals surface area contributed by atoms with Crippen molar-refractivity contribution in [2.24, 2.45) is 0 Å². The third-order valence-electron chi connectivity index (χ3n) is 3.44. The van der Waals surface area contributed by atoms with Crippen molar-refractivity contribution >= 4 is 23.5 Å². The van der Waals surface area contributed by atoms with Crippen molar-refractivity contribution < 1.29 is 14.3 Å². The zero-order chi connectivity index (χ0) is 14.6. The molecule has 110 valence electrons. The second-order valence-corrected chi connectivity index (χ2v) is 6.38. The van der Waals surface area contributed by atoms with Gasteiger partial charge in [-0.3, -0.25) is 0 Å². The van der Waals surface area contributed by atoms with Gasteiger partial charge >= 0.3 is 6.03 Å². The highest BCUT2D eigenvalue weighted by molar-refractivity contribution is 8.00. The van der Waals surface area contributed by atoms with E-state index in [1.165, 1.54) is 18.2 Å². The molecular weight excluding hydrogens is 279 g/mol. The van der Waals surface area contributed by atoms with Gasteiger partial charge in [-0.15, -0.1) is 0 Å². The average Bonchev–Trinajstić information content (AvgIpc) is 2.41. The second-order valence-electron chi connectivity index (χ2n) is 4.90. The summed E-state index contributed by atoms with van der Waals surface area (Å²) in [5, 5.41) is 15.7. The Labute approximate surface area is 122 Å². The van der Waals surface area contributed by atoms with E-state index in [1.54, 1.807) is 17.8 Å². The molecular formula is C14H19FN2O2S. The number of carbonyl (C=O) groups is 1. The number of anilines is 1. The van der Waals surface area contributed by atoms with Crippen LogP contribution in [0, 0.1) is 5.82 Å². The van der Waals surface area contributed by atoms with Gasteiger partial charge in [-0.2, -0.15) is 11.8 Å². The Hall–Kier alpha value is -1.27. The molecule has 3 N–H and O–H groups in total. The molecule has 1 aliphatic carbocycles. The molecule has 1 saturated carbocycles. The summed E-state index contributed by atoms with van der Waals surface area (Å²) < 4.78 is 13.0. The van der Waals surface area contributed by atoms with Crippen LogP contribution in [0.2, 0.25) is 0 Å².